The van der Waals surface area contributed by atoms with Crippen LogP contribution in [-0.2, 0) is 25.8 Å². The molecule has 1 heterocycles. The van der Waals surface area contributed by atoms with Crippen molar-refractivity contribution in [3.05, 3.63) is 41.6 Å². The number of rotatable bonds is 8. The highest BCUT2D eigenvalue weighted by molar-refractivity contribution is 7.89. The zero-order valence-electron chi connectivity index (χ0n) is 14.6. The van der Waals surface area contributed by atoms with Crippen LogP contribution < -0.4 is 10.8 Å². The lowest BCUT2D eigenvalue weighted by molar-refractivity contribution is -0.137. The Labute approximate surface area is 159 Å². The Kier molecular flexibility index (Phi) is 7.38. The topological polar surface area (TPSA) is 87.7 Å². The summed E-state index contributed by atoms with van der Waals surface area (Å²) in [4.78, 5) is 15.8. The quantitative estimate of drug-likeness (QED) is 0.488. The Morgan fingerprint density at radius 3 is 2.64 bits per heavy atom. The van der Waals surface area contributed by atoms with Crippen molar-refractivity contribution >= 4 is 15.9 Å². The van der Waals surface area contributed by atoms with Gasteiger partial charge in [0, 0.05) is 31.8 Å². The molecule has 28 heavy (non-hydrogen) atoms. The van der Waals surface area contributed by atoms with Crippen molar-refractivity contribution in [1.29, 1.82) is 0 Å². The van der Waals surface area contributed by atoms with Crippen LogP contribution in [-0.4, -0.2) is 51.5 Å². The number of alkyl halides is 4. The maximum absolute atomic E-state index is 12.8. The minimum atomic E-state index is -4.64. The molecule has 1 aliphatic heterocycles. The van der Waals surface area contributed by atoms with Gasteiger partial charge < -0.3 is 5.32 Å². The lowest BCUT2D eigenvalue weighted by Crippen LogP contribution is -2.37. The maximum Gasteiger partial charge on any atom is 0.416 e. The number of nitrogens with one attached hydrogen (secondary N) is 2. The van der Waals surface area contributed by atoms with Gasteiger partial charge in [-0.3, -0.25) is 15.1 Å². The molecule has 0 aliphatic carbocycles. The Bertz CT molecular complexity index is 827. The summed E-state index contributed by atoms with van der Waals surface area (Å²) in [6.07, 6.45) is -2.93. The third kappa shape index (κ3) is 5.91. The number of carbonyl (C=O) groups excluding carboxylic acids is 1. The molecule has 12 heteroatoms. The van der Waals surface area contributed by atoms with Gasteiger partial charge in [0.05, 0.1) is 10.5 Å². The SMILES string of the molecule is O=C(CONC1=CCN(S(=O)(=O)c2cccc(C(F)(F)F)c2)CC1)NCCF. The first-order chi connectivity index (χ1) is 13.1. The summed E-state index contributed by atoms with van der Waals surface area (Å²) in [6, 6.07) is 3.57. The van der Waals surface area contributed by atoms with Gasteiger partial charge in [-0.05, 0) is 24.3 Å². The number of hydroxylamine groups is 1. The van der Waals surface area contributed by atoms with Gasteiger partial charge in [0.2, 0.25) is 15.9 Å². The molecular formula is C16H19F4N3O4S. The molecule has 0 unspecified atom stereocenters. The van der Waals surface area contributed by atoms with Crippen LogP contribution in [0.1, 0.15) is 12.0 Å². The molecule has 7 nitrogen and oxygen atoms in total. The molecule has 0 fully saturated rings. The summed E-state index contributed by atoms with van der Waals surface area (Å²) >= 11 is 0. The molecule has 0 atom stereocenters. The highest BCUT2D eigenvalue weighted by Crippen LogP contribution is 2.31. The van der Waals surface area contributed by atoms with E-state index in [2.05, 4.69) is 10.8 Å². The number of hydrogen-bond acceptors (Lipinski definition) is 5. The highest BCUT2D eigenvalue weighted by Gasteiger charge is 2.33. The summed E-state index contributed by atoms with van der Waals surface area (Å²) < 4.78 is 76.5. The highest BCUT2D eigenvalue weighted by atomic mass is 32.2. The van der Waals surface area contributed by atoms with Crippen LogP contribution >= 0.6 is 0 Å². The summed E-state index contributed by atoms with van der Waals surface area (Å²) in [7, 11) is -4.09. The van der Waals surface area contributed by atoms with Crippen molar-refractivity contribution in [2.75, 3.05) is 32.9 Å². The average Bonchev–Trinajstić information content (AvgIpc) is 2.66. The van der Waals surface area contributed by atoms with E-state index in [1.807, 2.05) is 0 Å². The molecule has 1 amide bonds. The predicted octanol–water partition coefficient (Wildman–Crippen LogP) is 1.59. The van der Waals surface area contributed by atoms with Gasteiger partial charge in [-0.25, -0.2) is 12.8 Å². The van der Waals surface area contributed by atoms with E-state index >= 15 is 0 Å². The fourth-order valence-electron chi connectivity index (χ4n) is 2.38. The molecule has 0 spiro atoms. The van der Waals surface area contributed by atoms with Gasteiger partial charge in [-0.1, -0.05) is 6.07 Å². The van der Waals surface area contributed by atoms with E-state index < -0.39 is 39.2 Å². The number of amides is 1. The van der Waals surface area contributed by atoms with Gasteiger partial charge in [0.15, 0.2) is 6.61 Å². The third-order valence-corrected chi connectivity index (χ3v) is 5.66. The standard InChI is InChI=1S/C16H19F4N3O4S/c17-6-7-21-15(24)11-27-22-13-4-8-23(9-5-13)28(25,26)14-3-1-2-12(10-14)16(18,19)20/h1-4,10,22H,5-9,11H2,(H,21,24). The van der Waals surface area contributed by atoms with Crippen LogP contribution in [0.15, 0.2) is 40.9 Å². The molecule has 1 aromatic rings. The first-order valence-electron chi connectivity index (χ1n) is 8.21. The van der Waals surface area contributed by atoms with E-state index in [4.69, 9.17) is 4.84 Å². The molecule has 0 saturated heterocycles. The fraction of sp³-hybridized carbons (Fsp3) is 0.438. The van der Waals surface area contributed by atoms with Crippen LogP contribution in [0.25, 0.3) is 0 Å². The first kappa shape index (κ1) is 22.1. The number of nitrogens with zero attached hydrogens (tertiary/aromatic N) is 1. The molecule has 2 N–H and O–H groups in total. The Morgan fingerprint density at radius 1 is 1.29 bits per heavy atom. The maximum atomic E-state index is 12.8. The normalized spacial score (nSPS) is 15.8. The fourth-order valence-corrected chi connectivity index (χ4v) is 3.80. The molecule has 2 rings (SSSR count). The van der Waals surface area contributed by atoms with Crippen molar-refractivity contribution < 1.29 is 35.6 Å². The number of carbonyl (C=O) groups is 1. The molecule has 156 valence electrons. The number of benzene rings is 1. The third-order valence-electron chi connectivity index (χ3n) is 3.79. The molecule has 1 aromatic carbocycles. The first-order valence-corrected chi connectivity index (χ1v) is 9.65. The minimum absolute atomic E-state index is 0.0226. The monoisotopic (exact) mass is 425 g/mol. The molecular weight excluding hydrogens is 406 g/mol. The van der Waals surface area contributed by atoms with Gasteiger partial charge in [0.25, 0.3) is 0 Å². The van der Waals surface area contributed by atoms with Gasteiger partial charge >= 0.3 is 6.18 Å². The summed E-state index contributed by atoms with van der Waals surface area (Å²) in [5.74, 6) is -0.518. The Hall–Kier alpha value is -2.18. The predicted molar refractivity (Wildman–Crippen MR) is 91.0 cm³/mol. The van der Waals surface area contributed by atoms with Crippen molar-refractivity contribution in [1.82, 2.24) is 15.1 Å². The largest absolute Gasteiger partial charge is 0.416 e. The second kappa shape index (κ2) is 9.34. The zero-order valence-corrected chi connectivity index (χ0v) is 15.4. The van der Waals surface area contributed by atoms with Crippen molar-refractivity contribution in [2.45, 2.75) is 17.5 Å². The second-order valence-electron chi connectivity index (χ2n) is 5.80. The van der Waals surface area contributed by atoms with E-state index in [1.165, 1.54) is 6.08 Å². The molecule has 0 radical (unpaired) electrons. The molecule has 0 aromatic heterocycles. The zero-order chi connectivity index (χ0) is 20.8. The Balaban J connectivity index is 1.95. The van der Waals surface area contributed by atoms with E-state index in [-0.39, 0.29) is 32.7 Å². The van der Waals surface area contributed by atoms with Gasteiger partial charge in [-0.2, -0.15) is 17.5 Å². The van der Waals surface area contributed by atoms with Crippen LogP contribution in [0, 0.1) is 0 Å². The summed E-state index contributed by atoms with van der Waals surface area (Å²) in [5, 5.41) is 2.26. The number of halogens is 4. The molecule has 1 aliphatic rings. The van der Waals surface area contributed by atoms with Crippen LogP contribution in [0.3, 0.4) is 0 Å². The van der Waals surface area contributed by atoms with Crippen LogP contribution in [0.4, 0.5) is 17.6 Å². The summed E-state index contributed by atoms with van der Waals surface area (Å²) in [6.45, 7) is -1.22. The lowest BCUT2D eigenvalue weighted by Gasteiger charge is -2.26. The van der Waals surface area contributed by atoms with Crippen LogP contribution in [0.5, 0.6) is 0 Å². The van der Waals surface area contributed by atoms with E-state index in [0.717, 1.165) is 22.5 Å². The van der Waals surface area contributed by atoms with Gasteiger partial charge in [0.1, 0.15) is 6.67 Å². The number of hydrogen-bond donors (Lipinski definition) is 2. The lowest BCUT2D eigenvalue weighted by atomic mass is 10.2. The van der Waals surface area contributed by atoms with E-state index in [1.54, 1.807) is 0 Å². The smallest absolute Gasteiger partial charge is 0.351 e. The van der Waals surface area contributed by atoms with Crippen molar-refractivity contribution in [3.63, 3.8) is 0 Å². The molecule has 0 bridgehead atoms. The van der Waals surface area contributed by atoms with E-state index in [9.17, 15) is 30.8 Å². The molecule has 0 saturated carbocycles. The van der Waals surface area contributed by atoms with Crippen LogP contribution in [0.2, 0.25) is 0 Å². The van der Waals surface area contributed by atoms with Crippen molar-refractivity contribution in [3.8, 4) is 0 Å². The minimum Gasteiger partial charge on any atom is -0.351 e. The second-order valence-corrected chi connectivity index (χ2v) is 7.74. The summed E-state index contributed by atoms with van der Waals surface area (Å²) in [5.41, 5.74) is 1.99. The van der Waals surface area contributed by atoms with E-state index in [0.29, 0.717) is 11.8 Å². The average molecular weight is 425 g/mol. The number of sulfonamides is 1. The van der Waals surface area contributed by atoms with Gasteiger partial charge in [-0.15, -0.1) is 0 Å². The Morgan fingerprint density at radius 2 is 2.04 bits per heavy atom. The van der Waals surface area contributed by atoms with Crippen molar-refractivity contribution in [2.24, 2.45) is 0 Å².